The molecule has 0 spiro atoms. The fourth-order valence-corrected chi connectivity index (χ4v) is 1.59. The van der Waals surface area contributed by atoms with E-state index in [2.05, 4.69) is 5.32 Å². The number of anilines is 1. The van der Waals surface area contributed by atoms with Crippen LogP contribution in [0.4, 0.5) is 5.69 Å². The lowest BCUT2D eigenvalue weighted by Crippen LogP contribution is -2.27. The minimum atomic E-state index is -0.984. The van der Waals surface area contributed by atoms with Gasteiger partial charge in [-0.05, 0) is 50.4 Å². The highest BCUT2D eigenvalue weighted by atomic mass is 16.4. The number of benzene rings is 1. The van der Waals surface area contributed by atoms with Crippen LogP contribution in [0.3, 0.4) is 0 Å². The molecule has 0 radical (unpaired) electrons. The second-order valence-corrected chi connectivity index (χ2v) is 4.53. The van der Waals surface area contributed by atoms with Crippen LogP contribution in [0.25, 0.3) is 6.08 Å². The van der Waals surface area contributed by atoms with Gasteiger partial charge in [-0.2, -0.15) is 0 Å². The van der Waals surface area contributed by atoms with E-state index in [9.17, 15) is 9.59 Å². The molecule has 1 rings (SSSR count). The summed E-state index contributed by atoms with van der Waals surface area (Å²) in [7, 11) is 3.65. The van der Waals surface area contributed by atoms with E-state index in [4.69, 9.17) is 5.11 Å². The number of aryl methyl sites for hydroxylation is 1. The lowest BCUT2D eigenvalue weighted by atomic mass is 10.1. The zero-order valence-corrected chi connectivity index (χ0v) is 11.3. The summed E-state index contributed by atoms with van der Waals surface area (Å²) in [6.07, 6.45) is 2.62. The first kappa shape index (κ1) is 14.9. The Balaban J connectivity index is 2.77. The summed E-state index contributed by atoms with van der Waals surface area (Å²) in [6, 6.07) is 5.34. The van der Waals surface area contributed by atoms with Crippen LogP contribution in [0.1, 0.15) is 11.1 Å². The molecule has 5 heteroatoms. The molecule has 19 heavy (non-hydrogen) atoms. The van der Waals surface area contributed by atoms with E-state index in [1.54, 1.807) is 17.0 Å². The van der Waals surface area contributed by atoms with Crippen molar-refractivity contribution in [3.8, 4) is 0 Å². The predicted molar refractivity (Wildman–Crippen MR) is 75.0 cm³/mol. The summed E-state index contributed by atoms with van der Waals surface area (Å²) in [5.74, 6) is -1.07. The van der Waals surface area contributed by atoms with Gasteiger partial charge in [0.05, 0.1) is 6.54 Å². The number of hydrogen-bond acceptors (Lipinski definition) is 3. The normalized spacial score (nSPS) is 10.9. The molecule has 5 nitrogen and oxygen atoms in total. The van der Waals surface area contributed by atoms with Crippen molar-refractivity contribution in [2.24, 2.45) is 0 Å². The number of nitrogens with zero attached hydrogens (tertiary/aromatic N) is 1. The summed E-state index contributed by atoms with van der Waals surface area (Å²) in [4.78, 5) is 23.8. The molecule has 0 aromatic heterocycles. The van der Waals surface area contributed by atoms with Crippen molar-refractivity contribution < 1.29 is 14.7 Å². The molecule has 0 unspecified atom stereocenters. The third-order valence-corrected chi connectivity index (χ3v) is 2.42. The first-order valence-corrected chi connectivity index (χ1v) is 5.84. The van der Waals surface area contributed by atoms with Crippen LogP contribution in [0, 0.1) is 6.92 Å². The van der Waals surface area contributed by atoms with Gasteiger partial charge in [0.25, 0.3) is 0 Å². The van der Waals surface area contributed by atoms with Gasteiger partial charge in [0.2, 0.25) is 5.91 Å². The average Bonchev–Trinajstić information content (AvgIpc) is 2.26. The van der Waals surface area contributed by atoms with Crippen molar-refractivity contribution >= 4 is 23.6 Å². The molecule has 0 bridgehead atoms. The highest BCUT2D eigenvalue weighted by Crippen LogP contribution is 2.16. The van der Waals surface area contributed by atoms with Crippen molar-refractivity contribution in [3.63, 3.8) is 0 Å². The van der Waals surface area contributed by atoms with Crippen molar-refractivity contribution in [3.05, 3.63) is 35.4 Å². The molecular weight excluding hydrogens is 244 g/mol. The van der Waals surface area contributed by atoms with Gasteiger partial charge in [-0.1, -0.05) is 6.07 Å². The molecule has 0 aliphatic rings. The largest absolute Gasteiger partial charge is 0.478 e. The minimum absolute atomic E-state index is 0.0850. The van der Waals surface area contributed by atoms with E-state index in [0.717, 1.165) is 17.2 Å². The lowest BCUT2D eigenvalue weighted by Gasteiger charge is -2.11. The van der Waals surface area contributed by atoms with Gasteiger partial charge in [0.1, 0.15) is 0 Å². The van der Waals surface area contributed by atoms with Gasteiger partial charge in [0.15, 0.2) is 0 Å². The number of carbonyl (C=O) groups excluding carboxylic acids is 1. The maximum absolute atomic E-state index is 11.6. The Bertz CT molecular complexity index is 507. The Morgan fingerprint density at radius 1 is 1.37 bits per heavy atom. The summed E-state index contributed by atoms with van der Waals surface area (Å²) < 4.78 is 0. The smallest absolute Gasteiger partial charge is 0.328 e. The summed E-state index contributed by atoms with van der Waals surface area (Å²) in [5, 5.41) is 11.4. The summed E-state index contributed by atoms with van der Waals surface area (Å²) in [5.41, 5.74) is 2.42. The van der Waals surface area contributed by atoms with Gasteiger partial charge in [0, 0.05) is 11.8 Å². The lowest BCUT2D eigenvalue weighted by molar-refractivity contribution is -0.131. The monoisotopic (exact) mass is 262 g/mol. The fourth-order valence-electron chi connectivity index (χ4n) is 1.59. The van der Waals surface area contributed by atoms with E-state index in [1.807, 2.05) is 27.1 Å². The first-order chi connectivity index (χ1) is 8.88. The number of rotatable bonds is 5. The van der Waals surface area contributed by atoms with Crippen LogP contribution in [0.2, 0.25) is 0 Å². The predicted octanol–water partition coefficient (Wildman–Crippen LogP) is 1.59. The van der Waals surface area contributed by atoms with Crippen LogP contribution < -0.4 is 5.32 Å². The molecule has 0 saturated heterocycles. The summed E-state index contributed by atoms with van der Waals surface area (Å²) in [6.45, 7) is 2.18. The van der Waals surface area contributed by atoms with E-state index in [-0.39, 0.29) is 5.91 Å². The van der Waals surface area contributed by atoms with Crippen LogP contribution in [0.15, 0.2) is 24.3 Å². The number of likely N-dealkylation sites (N-methyl/N-ethyl adjacent to an activating group) is 1. The molecule has 1 amide bonds. The SMILES string of the molecule is Cc1cc(NC(=O)CN(C)C)ccc1/C=C/C(=O)O. The molecule has 0 heterocycles. The fraction of sp³-hybridized carbons (Fsp3) is 0.286. The highest BCUT2D eigenvalue weighted by Gasteiger charge is 2.04. The van der Waals surface area contributed by atoms with Crippen LogP contribution in [0.5, 0.6) is 0 Å². The molecule has 0 fully saturated rings. The molecular formula is C14H18N2O3. The molecule has 102 valence electrons. The molecule has 2 N–H and O–H groups in total. The topological polar surface area (TPSA) is 69.6 Å². The van der Waals surface area contributed by atoms with E-state index in [1.165, 1.54) is 6.08 Å². The van der Waals surface area contributed by atoms with E-state index in [0.29, 0.717) is 12.2 Å². The second-order valence-electron chi connectivity index (χ2n) is 4.53. The Morgan fingerprint density at radius 2 is 2.05 bits per heavy atom. The zero-order chi connectivity index (χ0) is 14.4. The van der Waals surface area contributed by atoms with Gasteiger partial charge < -0.3 is 15.3 Å². The zero-order valence-electron chi connectivity index (χ0n) is 11.3. The number of aliphatic carboxylic acids is 1. The number of carboxylic acid groups (broad SMARTS) is 1. The third-order valence-electron chi connectivity index (χ3n) is 2.42. The Kier molecular flexibility index (Phi) is 5.26. The number of nitrogens with one attached hydrogen (secondary N) is 1. The van der Waals surface area contributed by atoms with Gasteiger partial charge >= 0.3 is 5.97 Å². The van der Waals surface area contributed by atoms with E-state index < -0.39 is 5.97 Å². The molecule has 1 aromatic carbocycles. The van der Waals surface area contributed by atoms with Crippen LogP contribution >= 0.6 is 0 Å². The van der Waals surface area contributed by atoms with Gasteiger partial charge in [-0.15, -0.1) is 0 Å². The minimum Gasteiger partial charge on any atom is -0.478 e. The van der Waals surface area contributed by atoms with Crippen molar-refractivity contribution in [1.29, 1.82) is 0 Å². The van der Waals surface area contributed by atoms with Crippen molar-refractivity contribution in [1.82, 2.24) is 4.90 Å². The maximum atomic E-state index is 11.6. The van der Waals surface area contributed by atoms with Crippen LogP contribution in [-0.2, 0) is 9.59 Å². The molecule has 0 atom stereocenters. The Morgan fingerprint density at radius 3 is 2.58 bits per heavy atom. The number of carbonyl (C=O) groups is 2. The maximum Gasteiger partial charge on any atom is 0.328 e. The van der Waals surface area contributed by atoms with Crippen LogP contribution in [-0.4, -0.2) is 42.5 Å². The van der Waals surface area contributed by atoms with Crippen molar-refractivity contribution in [2.45, 2.75) is 6.92 Å². The van der Waals surface area contributed by atoms with Gasteiger partial charge in [-0.25, -0.2) is 4.79 Å². The number of amides is 1. The van der Waals surface area contributed by atoms with Gasteiger partial charge in [-0.3, -0.25) is 4.79 Å². The molecule has 1 aromatic rings. The molecule has 0 aliphatic carbocycles. The first-order valence-electron chi connectivity index (χ1n) is 5.84. The summed E-state index contributed by atoms with van der Waals surface area (Å²) >= 11 is 0. The molecule has 0 saturated carbocycles. The highest BCUT2D eigenvalue weighted by molar-refractivity contribution is 5.92. The number of carboxylic acids is 1. The third kappa shape index (κ3) is 5.35. The Labute approximate surface area is 112 Å². The Hall–Kier alpha value is -2.14. The second kappa shape index (κ2) is 6.70. The average molecular weight is 262 g/mol. The van der Waals surface area contributed by atoms with Crippen molar-refractivity contribution in [2.75, 3.05) is 26.0 Å². The quantitative estimate of drug-likeness (QED) is 0.791. The number of hydrogen-bond donors (Lipinski definition) is 2. The van der Waals surface area contributed by atoms with E-state index >= 15 is 0 Å². The standard InChI is InChI=1S/C14H18N2O3/c1-10-8-12(15-13(17)9-16(2)3)6-4-11(10)5-7-14(18)19/h4-8H,9H2,1-3H3,(H,15,17)(H,18,19)/b7-5+. The molecule has 0 aliphatic heterocycles.